The van der Waals surface area contributed by atoms with Crippen molar-refractivity contribution in [1.82, 2.24) is 24.7 Å². The number of anilines is 1. The van der Waals surface area contributed by atoms with Crippen molar-refractivity contribution in [1.29, 1.82) is 0 Å². The predicted molar refractivity (Wildman–Crippen MR) is 272 cm³/mol. The standard InChI is InChI=1S/C44H56BF2N10O19P3.CH4/c1-4-70-37-23-41(74-38(37)25-73-78(65,66)76-79(67,68)75-77(62,63)64)55-24-31(42(48)52-44(55)61)9-6-16-50-39(59)26-69-18-19-71-40(53-54-49)27-72-35-11-5-8-30(21-35)43(60)51-17-7-10-34(58)15-14-32-12-13-33-22-36-28(2)20-29(3)56(36)45(46,47)57(32)33;/h5,8,11-13,20-22,24,37-38,40-41H,4,7,10,14-19,23,25-27H2,1-3H3,(H,50,59)(H,51,60)(H,65,66)(H,67,68)(H2,48,52,61)(H2,62,63,64);1H4/p-4/t37?,38-,40?,41-;/m1./s1. The maximum absolute atomic E-state index is 15.7. The summed E-state index contributed by atoms with van der Waals surface area (Å²) in [4.78, 5) is 102. The summed E-state index contributed by atoms with van der Waals surface area (Å²) in [5.41, 5.74) is 16.7. The first-order valence-corrected chi connectivity index (χ1v) is 28.3. The molecule has 0 aliphatic carbocycles. The first-order valence-electron chi connectivity index (χ1n) is 23.9. The molecule has 80 heavy (non-hydrogen) atoms. The number of hydrogen-bond donors (Lipinski definition) is 3. The summed E-state index contributed by atoms with van der Waals surface area (Å²) in [5, 5.41) is 8.77. The molecule has 4 N–H and O–H groups in total. The topological polar surface area (TPSA) is 410 Å². The minimum absolute atomic E-state index is 0. The van der Waals surface area contributed by atoms with Crippen LogP contribution in [0.4, 0.5) is 14.4 Å². The minimum atomic E-state index is -6.22. The Labute approximate surface area is 456 Å². The van der Waals surface area contributed by atoms with Crippen LogP contribution in [0.25, 0.3) is 16.5 Å². The van der Waals surface area contributed by atoms with Crippen LogP contribution in [0.5, 0.6) is 5.75 Å². The smallest absolute Gasteiger partial charge is 0.737 e. The highest BCUT2D eigenvalue weighted by atomic mass is 31.3. The molecule has 4 unspecified atom stereocenters. The quantitative estimate of drug-likeness (QED) is 0.0169. The second kappa shape index (κ2) is 28.5. The van der Waals surface area contributed by atoms with Crippen molar-refractivity contribution in [3.8, 4) is 17.6 Å². The Balaban J connectivity index is 0.0000118. The van der Waals surface area contributed by atoms with Gasteiger partial charge in [-0.05, 0) is 68.2 Å². The van der Waals surface area contributed by atoms with Crippen LogP contribution in [0.15, 0.2) is 64.3 Å². The van der Waals surface area contributed by atoms with Crippen LogP contribution in [0.3, 0.4) is 0 Å². The fraction of sp³-hybridized carbons (Fsp3) is 0.467. The fourth-order valence-electron chi connectivity index (χ4n) is 8.33. The molecule has 3 aromatic rings. The van der Waals surface area contributed by atoms with E-state index in [1.807, 2.05) is 0 Å². The normalized spacial score (nSPS) is 18.9. The van der Waals surface area contributed by atoms with Crippen LogP contribution in [0, 0.1) is 25.7 Å². The van der Waals surface area contributed by atoms with Crippen LogP contribution in [-0.4, -0.2) is 120 Å². The maximum Gasteiger partial charge on any atom is 0.737 e. The number of benzene rings is 1. The lowest BCUT2D eigenvalue weighted by molar-refractivity contribution is -0.362. The number of halogens is 2. The fourth-order valence-corrected chi connectivity index (χ4v) is 11.2. The van der Waals surface area contributed by atoms with E-state index in [2.05, 4.69) is 50.6 Å². The molecule has 29 nitrogen and oxygen atoms in total. The van der Waals surface area contributed by atoms with Gasteiger partial charge in [-0.25, -0.2) is 9.11 Å². The number of allylic oxidation sites excluding steroid dienone is 2. The molecular weight excluding hydrogens is 1130 g/mol. The summed E-state index contributed by atoms with van der Waals surface area (Å²) in [6.07, 6.45) is 2.11. The average Bonchev–Trinajstić information content (AvgIpc) is 4.06. The number of azide groups is 1. The Hall–Kier alpha value is -6.22. The van der Waals surface area contributed by atoms with Crippen molar-refractivity contribution in [2.45, 2.75) is 85.0 Å². The maximum atomic E-state index is 15.7. The number of rotatable bonds is 29. The van der Waals surface area contributed by atoms with Gasteiger partial charge in [0.15, 0.2) is 11.9 Å². The molecule has 0 saturated carbocycles. The van der Waals surface area contributed by atoms with Crippen molar-refractivity contribution in [3.63, 3.8) is 0 Å². The van der Waals surface area contributed by atoms with Gasteiger partial charge >= 0.3 is 12.7 Å². The number of aromatic nitrogens is 3. The summed E-state index contributed by atoms with van der Waals surface area (Å²) in [7, 11) is -18.3. The number of phosphoric acid groups is 3. The molecule has 6 rings (SSSR count). The van der Waals surface area contributed by atoms with Gasteiger partial charge in [-0.1, -0.05) is 30.4 Å². The number of nitrogens with one attached hydrogen (secondary N) is 2. The molecule has 0 spiro atoms. The molecule has 1 saturated heterocycles. The molecule has 1 fully saturated rings. The van der Waals surface area contributed by atoms with Crippen LogP contribution in [-0.2, 0) is 55.4 Å². The molecule has 436 valence electrons. The highest BCUT2D eigenvalue weighted by Gasteiger charge is 2.52. The van der Waals surface area contributed by atoms with Gasteiger partial charge in [0, 0.05) is 79.4 Å². The summed E-state index contributed by atoms with van der Waals surface area (Å²) in [5.74, 6) is 4.05. The lowest BCUT2D eigenvalue weighted by atomic mass is 9.90. The number of ether oxygens (including phenoxy) is 5. The lowest BCUT2D eigenvalue weighted by Gasteiger charge is -2.37. The lowest BCUT2D eigenvalue weighted by Crippen LogP contribution is -2.50. The monoisotopic (exact) mass is 1180 g/mol. The molecular formula is C45H56BF2N10O19P3-4. The molecule has 35 heteroatoms. The molecule has 2 aromatic heterocycles. The van der Waals surface area contributed by atoms with E-state index >= 15 is 8.63 Å². The van der Waals surface area contributed by atoms with Crippen LogP contribution >= 0.6 is 23.5 Å². The van der Waals surface area contributed by atoms with Crippen molar-refractivity contribution in [3.05, 3.63) is 103 Å². The third-order valence-corrected chi connectivity index (χ3v) is 15.3. The molecule has 3 aliphatic heterocycles. The number of phosphoric ester groups is 1. The first-order chi connectivity index (χ1) is 37.3. The SMILES string of the molecule is C.CCOC1C[C@H](n2cc(C#CCNC(=O)COCCOC(COc3cccc(C(=O)NCCCC(=O)CCC4=[N+]5C(=Cc6c(C)cc(C)n6[B-]5(F)F)C=C4)c3)N=[N+]=[N-])c(N)nc2=O)O[C@@H]1COP(=O)([O-])OP(=O)([O-])OP(=O)([O-])[O-]. The third-order valence-electron chi connectivity index (χ3n) is 11.7. The first kappa shape index (κ1) is 64.6. The molecule has 2 amide bonds. The second-order valence-corrected chi connectivity index (χ2v) is 21.6. The van der Waals surface area contributed by atoms with Gasteiger partial charge in [0.2, 0.25) is 5.91 Å². The van der Waals surface area contributed by atoms with Gasteiger partial charge < -0.3 is 86.3 Å². The Morgan fingerprint density at radius 2 is 1.85 bits per heavy atom. The summed E-state index contributed by atoms with van der Waals surface area (Å²) in [6, 6.07) is 7.85. The van der Waals surface area contributed by atoms with Gasteiger partial charge in [0.1, 0.15) is 48.6 Å². The Bertz CT molecular complexity index is 3210. The molecule has 1 aromatic carbocycles. The Morgan fingerprint density at radius 1 is 1.09 bits per heavy atom. The Morgan fingerprint density at radius 3 is 2.58 bits per heavy atom. The zero-order valence-corrected chi connectivity index (χ0v) is 45.0. The van der Waals surface area contributed by atoms with Gasteiger partial charge in [-0.2, -0.15) is 4.98 Å². The number of Topliss-reactive ketones (excluding diaryl/α,β-unsaturated/α-hetero) is 1. The highest BCUT2D eigenvalue weighted by Crippen LogP contribution is 2.60. The zero-order valence-electron chi connectivity index (χ0n) is 42.3. The molecule has 5 heterocycles. The number of ketones is 1. The number of aryl methyl sites for hydroxylation is 2. The Kier molecular flexibility index (Phi) is 23.0. The van der Waals surface area contributed by atoms with Gasteiger partial charge in [-0.15, -0.1) is 0 Å². The third kappa shape index (κ3) is 18.1. The van der Waals surface area contributed by atoms with Crippen molar-refractivity contribution in [2.24, 2.45) is 5.11 Å². The average molecular weight is 1180 g/mol. The summed E-state index contributed by atoms with van der Waals surface area (Å²) < 4.78 is 108. The van der Waals surface area contributed by atoms with Crippen molar-refractivity contribution >= 4 is 65.6 Å². The largest absolute Gasteiger partial charge is 0.790 e. The number of nitrogen functional groups attached to an aromatic ring is 1. The van der Waals surface area contributed by atoms with Gasteiger partial charge in [0.25, 0.3) is 21.6 Å². The number of carbonyl (C=O) groups is 3. The molecule has 0 bridgehead atoms. The number of hydrogen-bond acceptors (Lipinski definition) is 22. The van der Waals surface area contributed by atoms with E-state index in [4.69, 9.17) is 34.9 Å². The molecule has 6 atom stereocenters. The molecule has 3 aliphatic rings. The number of carbonyl (C=O) groups excluding carboxylic acids is 3. The number of nitrogens with two attached hydrogens (primary N) is 1. The van der Waals surface area contributed by atoms with Crippen LogP contribution in [0.1, 0.15) is 85.6 Å². The van der Waals surface area contributed by atoms with Crippen LogP contribution < -0.4 is 46.4 Å². The molecule has 0 radical (unpaired) electrons. The van der Waals surface area contributed by atoms with E-state index in [1.165, 1.54) is 12.3 Å². The van der Waals surface area contributed by atoms with E-state index < -0.39 is 85.8 Å². The zero-order chi connectivity index (χ0) is 57.7. The van der Waals surface area contributed by atoms with E-state index in [0.29, 0.717) is 29.2 Å². The van der Waals surface area contributed by atoms with E-state index in [9.17, 15) is 52.4 Å². The van der Waals surface area contributed by atoms with Gasteiger partial charge in [-0.3, -0.25) is 32.4 Å². The highest BCUT2D eigenvalue weighted by molar-refractivity contribution is 7.64. The van der Waals surface area contributed by atoms with Crippen molar-refractivity contribution in [2.75, 3.05) is 58.5 Å². The van der Waals surface area contributed by atoms with Crippen molar-refractivity contribution < 1.29 is 97.6 Å². The number of nitrogens with zero attached hydrogens (tertiary/aromatic N) is 7. The van der Waals surface area contributed by atoms with E-state index in [0.717, 1.165) is 19.1 Å². The van der Waals surface area contributed by atoms with E-state index in [-0.39, 0.29) is 101 Å². The van der Waals surface area contributed by atoms with Crippen LogP contribution in [0.2, 0.25) is 0 Å². The minimum Gasteiger partial charge on any atom is -0.790 e. The predicted octanol–water partition coefficient (Wildman–Crippen LogP) is 1.76. The summed E-state index contributed by atoms with van der Waals surface area (Å²) in [6.45, 7) is -1.05. The number of amides is 2. The van der Waals surface area contributed by atoms with Gasteiger partial charge in [0.05, 0.1) is 45.9 Å². The number of fused-ring (bicyclic) bond motifs is 2. The van der Waals surface area contributed by atoms with E-state index in [1.54, 1.807) is 63.3 Å². The summed E-state index contributed by atoms with van der Waals surface area (Å²) >= 11 is 0. The second-order valence-electron chi connectivity index (χ2n) is 17.4.